The standard InChI is InChI=1S/C15H15NO4S2/c1-22(17,18)20-9-11-7-15-14(19-10-21-15)8-12(11)13-5-3-2-4-6-16-13/h2-8,16H,9-10H2,1H3. The summed E-state index contributed by atoms with van der Waals surface area (Å²) in [5.41, 5.74) is 2.52. The number of hydrogen-bond acceptors (Lipinski definition) is 6. The lowest BCUT2D eigenvalue weighted by Crippen LogP contribution is -2.09. The maximum absolute atomic E-state index is 11.3. The summed E-state index contributed by atoms with van der Waals surface area (Å²) in [6, 6.07) is 3.84. The van der Waals surface area contributed by atoms with Crippen molar-refractivity contribution in [3.63, 3.8) is 0 Å². The number of fused-ring (bicyclic) bond motifs is 1. The summed E-state index contributed by atoms with van der Waals surface area (Å²) in [7, 11) is -3.50. The Hall–Kier alpha value is -1.70. The average molecular weight is 337 g/mol. The predicted molar refractivity (Wildman–Crippen MR) is 86.8 cm³/mol. The molecule has 1 aromatic carbocycles. The van der Waals surface area contributed by atoms with Crippen LogP contribution in [0.2, 0.25) is 0 Å². The van der Waals surface area contributed by atoms with Gasteiger partial charge in [-0.05, 0) is 29.8 Å². The van der Waals surface area contributed by atoms with E-state index in [-0.39, 0.29) is 6.61 Å². The number of nitrogens with one attached hydrogen (secondary N) is 1. The number of thioether (sulfide) groups is 1. The molecule has 22 heavy (non-hydrogen) atoms. The molecule has 2 heterocycles. The molecular weight excluding hydrogens is 322 g/mol. The Morgan fingerprint density at radius 3 is 3.00 bits per heavy atom. The van der Waals surface area contributed by atoms with E-state index >= 15 is 0 Å². The molecule has 0 fully saturated rings. The fourth-order valence-corrected chi connectivity index (χ4v) is 3.29. The first kappa shape index (κ1) is 15.2. The lowest BCUT2D eigenvalue weighted by atomic mass is 10.0. The van der Waals surface area contributed by atoms with Gasteiger partial charge in [-0.2, -0.15) is 8.42 Å². The fraction of sp³-hybridized carbons (Fsp3) is 0.200. The summed E-state index contributed by atoms with van der Waals surface area (Å²) in [5.74, 6) is 1.38. The van der Waals surface area contributed by atoms with Gasteiger partial charge >= 0.3 is 0 Å². The van der Waals surface area contributed by atoms with Crippen LogP contribution >= 0.6 is 11.8 Å². The van der Waals surface area contributed by atoms with Gasteiger partial charge in [0.25, 0.3) is 10.1 Å². The molecule has 0 aromatic heterocycles. The van der Waals surface area contributed by atoms with Crippen LogP contribution in [0.5, 0.6) is 5.75 Å². The number of benzene rings is 1. The summed E-state index contributed by atoms with van der Waals surface area (Å²) < 4.78 is 33.1. The van der Waals surface area contributed by atoms with Gasteiger partial charge in [0.15, 0.2) is 0 Å². The Kier molecular flexibility index (Phi) is 4.28. The molecule has 0 radical (unpaired) electrons. The van der Waals surface area contributed by atoms with E-state index in [0.29, 0.717) is 5.94 Å². The highest BCUT2D eigenvalue weighted by Crippen LogP contribution is 2.39. The van der Waals surface area contributed by atoms with Gasteiger partial charge in [-0.3, -0.25) is 4.18 Å². The van der Waals surface area contributed by atoms with E-state index in [2.05, 4.69) is 5.32 Å². The Bertz CT molecular complexity index is 779. The van der Waals surface area contributed by atoms with E-state index in [1.54, 1.807) is 11.8 Å². The third-order valence-electron chi connectivity index (χ3n) is 3.14. The molecule has 3 rings (SSSR count). The predicted octanol–water partition coefficient (Wildman–Crippen LogP) is 2.62. The maximum atomic E-state index is 11.3. The van der Waals surface area contributed by atoms with Crippen LogP contribution < -0.4 is 10.1 Å². The molecule has 2 aliphatic heterocycles. The van der Waals surface area contributed by atoms with Crippen LogP contribution in [0.4, 0.5) is 0 Å². The molecule has 0 amide bonds. The average Bonchev–Trinajstić information content (AvgIpc) is 2.75. The molecule has 0 spiro atoms. The van der Waals surface area contributed by atoms with Crippen LogP contribution in [0.3, 0.4) is 0 Å². The van der Waals surface area contributed by atoms with Gasteiger partial charge in [-0.1, -0.05) is 23.9 Å². The summed E-state index contributed by atoms with van der Waals surface area (Å²) >= 11 is 1.58. The first-order valence-electron chi connectivity index (χ1n) is 6.60. The highest BCUT2D eigenvalue weighted by molar-refractivity contribution is 7.99. The molecule has 0 aliphatic carbocycles. The first-order chi connectivity index (χ1) is 10.5. The third kappa shape index (κ3) is 3.55. The topological polar surface area (TPSA) is 64.6 Å². The Balaban J connectivity index is 2.01. The van der Waals surface area contributed by atoms with Gasteiger partial charge in [0.2, 0.25) is 0 Å². The van der Waals surface area contributed by atoms with Crippen LogP contribution in [0.1, 0.15) is 11.1 Å². The number of allylic oxidation sites excluding steroid dienone is 4. The fourth-order valence-electron chi connectivity index (χ4n) is 2.15. The molecule has 1 N–H and O–H groups in total. The van der Waals surface area contributed by atoms with Gasteiger partial charge in [-0.15, -0.1) is 0 Å². The van der Waals surface area contributed by atoms with E-state index in [4.69, 9.17) is 8.92 Å². The minimum atomic E-state index is -3.50. The van der Waals surface area contributed by atoms with Crippen molar-refractivity contribution < 1.29 is 17.3 Å². The highest BCUT2D eigenvalue weighted by Gasteiger charge is 2.19. The van der Waals surface area contributed by atoms with Crippen LogP contribution in [0.15, 0.2) is 47.5 Å². The number of ether oxygens (including phenoxy) is 1. The van der Waals surface area contributed by atoms with Crippen molar-refractivity contribution in [1.29, 1.82) is 0 Å². The zero-order valence-electron chi connectivity index (χ0n) is 11.9. The summed E-state index contributed by atoms with van der Waals surface area (Å²) in [5, 5.41) is 3.18. The van der Waals surface area contributed by atoms with Gasteiger partial charge in [0.1, 0.15) is 11.7 Å². The normalized spacial score (nSPS) is 16.5. The smallest absolute Gasteiger partial charge is 0.264 e. The molecule has 0 bridgehead atoms. The van der Waals surface area contributed by atoms with Crippen molar-refractivity contribution in [3.8, 4) is 5.75 Å². The third-order valence-corrected chi connectivity index (χ3v) is 4.55. The van der Waals surface area contributed by atoms with Crippen molar-refractivity contribution in [2.45, 2.75) is 11.5 Å². The van der Waals surface area contributed by atoms with E-state index in [9.17, 15) is 8.42 Å². The van der Waals surface area contributed by atoms with Gasteiger partial charge in [0, 0.05) is 17.5 Å². The van der Waals surface area contributed by atoms with Gasteiger partial charge in [0.05, 0.1) is 17.8 Å². The monoisotopic (exact) mass is 337 g/mol. The van der Waals surface area contributed by atoms with Crippen LogP contribution in [0, 0.1) is 0 Å². The molecule has 0 unspecified atom stereocenters. The van der Waals surface area contributed by atoms with Crippen molar-refractivity contribution in [3.05, 3.63) is 53.8 Å². The minimum absolute atomic E-state index is 0.00550. The second-order valence-corrected chi connectivity index (χ2v) is 7.41. The van der Waals surface area contributed by atoms with Crippen molar-refractivity contribution in [1.82, 2.24) is 5.32 Å². The maximum Gasteiger partial charge on any atom is 0.264 e. The molecule has 2 aliphatic rings. The van der Waals surface area contributed by atoms with E-state index in [0.717, 1.165) is 33.7 Å². The molecule has 0 saturated carbocycles. The van der Waals surface area contributed by atoms with Crippen LogP contribution in [-0.2, 0) is 20.9 Å². The van der Waals surface area contributed by atoms with Gasteiger partial charge < -0.3 is 10.1 Å². The SMILES string of the molecule is CS(=O)(=O)OCc1cc2c(cc1C1=CC=CC=CN1)OCS2. The quantitative estimate of drug-likeness (QED) is 0.852. The lowest BCUT2D eigenvalue weighted by molar-refractivity contribution is 0.311. The lowest BCUT2D eigenvalue weighted by Gasteiger charge is -2.14. The highest BCUT2D eigenvalue weighted by atomic mass is 32.2. The summed E-state index contributed by atoms with van der Waals surface area (Å²) in [6.45, 7) is -0.00550. The summed E-state index contributed by atoms with van der Waals surface area (Å²) in [6.07, 6.45) is 10.5. The van der Waals surface area contributed by atoms with E-state index in [1.165, 1.54) is 0 Å². The molecule has 116 valence electrons. The van der Waals surface area contributed by atoms with Gasteiger partial charge in [-0.25, -0.2) is 0 Å². The van der Waals surface area contributed by atoms with Crippen LogP contribution in [0.25, 0.3) is 5.70 Å². The molecule has 1 aromatic rings. The zero-order chi connectivity index (χ0) is 15.6. The number of hydrogen-bond donors (Lipinski definition) is 1. The van der Waals surface area contributed by atoms with Crippen molar-refractivity contribution in [2.24, 2.45) is 0 Å². The van der Waals surface area contributed by atoms with E-state index < -0.39 is 10.1 Å². The van der Waals surface area contributed by atoms with Crippen molar-refractivity contribution >= 4 is 27.6 Å². The number of rotatable bonds is 4. The second kappa shape index (κ2) is 6.20. The molecule has 5 nitrogen and oxygen atoms in total. The Labute approximate surface area is 133 Å². The molecule has 0 saturated heterocycles. The second-order valence-electron chi connectivity index (χ2n) is 4.80. The zero-order valence-corrected chi connectivity index (χ0v) is 13.5. The Morgan fingerprint density at radius 1 is 1.32 bits per heavy atom. The molecule has 0 atom stereocenters. The van der Waals surface area contributed by atoms with Crippen molar-refractivity contribution in [2.75, 3.05) is 12.2 Å². The van der Waals surface area contributed by atoms with E-state index in [1.807, 2.05) is 42.6 Å². The van der Waals surface area contributed by atoms with Crippen LogP contribution in [-0.4, -0.2) is 20.6 Å². The first-order valence-corrected chi connectivity index (χ1v) is 9.40. The minimum Gasteiger partial charge on any atom is -0.481 e. The largest absolute Gasteiger partial charge is 0.481 e. The summed E-state index contributed by atoms with van der Waals surface area (Å²) in [4.78, 5) is 0.996. The molecular formula is C15H15NO4S2. The Morgan fingerprint density at radius 2 is 2.18 bits per heavy atom. The molecule has 7 heteroatoms.